The molecule has 1 rings (SSSR count). The zero-order chi connectivity index (χ0) is 12.7. The van der Waals surface area contributed by atoms with E-state index in [1.807, 2.05) is 6.92 Å². The Balaban J connectivity index is 2.21. The number of hydrogen-bond acceptors (Lipinski definition) is 5. The number of aryl methyl sites for hydroxylation is 1. The van der Waals surface area contributed by atoms with Gasteiger partial charge in [0, 0.05) is 6.54 Å². The number of esters is 1. The summed E-state index contributed by atoms with van der Waals surface area (Å²) < 4.78 is 4.98. The molecule has 6 nitrogen and oxygen atoms in total. The van der Waals surface area contributed by atoms with Crippen LogP contribution in [-0.2, 0) is 4.74 Å². The van der Waals surface area contributed by atoms with Crippen LogP contribution in [-0.4, -0.2) is 36.7 Å². The molecule has 2 amide bonds. The summed E-state index contributed by atoms with van der Waals surface area (Å²) in [5.74, 6) is -0.400. The van der Waals surface area contributed by atoms with Gasteiger partial charge in [0.1, 0.15) is 11.5 Å². The lowest BCUT2D eigenvalue weighted by molar-refractivity contribution is 0.0515. The van der Waals surface area contributed by atoms with Crippen LogP contribution in [0.2, 0.25) is 0 Å². The van der Waals surface area contributed by atoms with Gasteiger partial charge in [-0.3, -0.25) is 0 Å². The Morgan fingerprint density at radius 1 is 1.47 bits per heavy atom. The van der Waals surface area contributed by atoms with E-state index in [4.69, 9.17) is 4.74 Å². The van der Waals surface area contributed by atoms with Gasteiger partial charge in [-0.25, -0.2) is 14.6 Å². The van der Waals surface area contributed by atoms with E-state index in [2.05, 4.69) is 15.6 Å². The standard InChI is InChI=1S/C10H15N3O3S/c1-3-11-10(15)12-4-5-16-9(14)8-7(2)13-6-17-8/h6H,3-5H2,1-2H3,(H2,11,12,15). The number of carbonyl (C=O) groups is 2. The maximum absolute atomic E-state index is 11.5. The summed E-state index contributed by atoms with van der Waals surface area (Å²) in [6.07, 6.45) is 0. The van der Waals surface area contributed by atoms with Crippen LogP contribution in [0.1, 0.15) is 22.3 Å². The van der Waals surface area contributed by atoms with Crippen LogP contribution < -0.4 is 10.6 Å². The highest BCUT2D eigenvalue weighted by molar-refractivity contribution is 7.11. The first-order valence-electron chi connectivity index (χ1n) is 5.24. The number of hydrogen-bond donors (Lipinski definition) is 2. The minimum absolute atomic E-state index is 0.146. The number of aromatic nitrogens is 1. The van der Waals surface area contributed by atoms with Crippen molar-refractivity contribution >= 4 is 23.3 Å². The van der Waals surface area contributed by atoms with Gasteiger partial charge in [-0.2, -0.15) is 0 Å². The molecule has 0 unspecified atom stereocenters. The Bertz CT molecular complexity index is 392. The van der Waals surface area contributed by atoms with Crippen LogP contribution in [0.5, 0.6) is 0 Å². The van der Waals surface area contributed by atoms with E-state index in [0.717, 1.165) is 0 Å². The van der Waals surface area contributed by atoms with Gasteiger partial charge in [0.15, 0.2) is 0 Å². The number of nitrogens with zero attached hydrogens (tertiary/aromatic N) is 1. The third-order valence-corrected chi connectivity index (χ3v) is 2.80. The fourth-order valence-electron chi connectivity index (χ4n) is 1.09. The van der Waals surface area contributed by atoms with E-state index >= 15 is 0 Å². The average Bonchev–Trinajstić information content (AvgIpc) is 2.71. The van der Waals surface area contributed by atoms with Crippen molar-refractivity contribution in [2.45, 2.75) is 13.8 Å². The third kappa shape index (κ3) is 4.39. The fourth-order valence-corrected chi connectivity index (χ4v) is 1.79. The molecule has 0 saturated heterocycles. The van der Waals surface area contributed by atoms with Crippen molar-refractivity contribution in [2.24, 2.45) is 0 Å². The van der Waals surface area contributed by atoms with Gasteiger partial charge >= 0.3 is 12.0 Å². The highest BCUT2D eigenvalue weighted by Gasteiger charge is 2.12. The maximum atomic E-state index is 11.5. The van der Waals surface area contributed by atoms with Crippen molar-refractivity contribution < 1.29 is 14.3 Å². The number of rotatable bonds is 5. The van der Waals surface area contributed by atoms with E-state index in [0.29, 0.717) is 17.1 Å². The van der Waals surface area contributed by atoms with E-state index in [1.165, 1.54) is 11.3 Å². The van der Waals surface area contributed by atoms with E-state index in [1.54, 1.807) is 12.4 Å². The molecule has 0 aliphatic rings. The Kier molecular flexibility index (Phi) is 5.41. The number of ether oxygens (including phenoxy) is 1. The minimum Gasteiger partial charge on any atom is -0.460 e. The van der Waals surface area contributed by atoms with Gasteiger partial charge < -0.3 is 15.4 Å². The Hall–Kier alpha value is -1.63. The van der Waals surface area contributed by atoms with Crippen molar-refractivity contribution in [2.75, 3.05) is 19.7 Å². The summed E-state index contributed by atoms with van der Waals surface area (Å²) in [5.41, 5.74) is 2.26. The molecular weight excluding hydrogens is 242 g/mol. The second-order valence-corrected chi connectivity index (χ2v) is 4.04. The van der Waals surface area contributed by atoms with Crippen LogP contribution in [0.4, 0.5) is 4.79 Å². The molecular formula is C10H15N3O3S. The first-order valence-corrected chi connectivity index (χ1v) is 6.12. The summed E-state index contributed by atoms with van der Waals surface area (Å²) in [6, 6.07) is -0.266. The molecule has 2 N–H and O–H groups in total. The fraction of sp³-hybridized carbons (Fsp3) is 0.500. The quantitative estimate of drug-likeness (QED) is 0.607. The van der Waals surface area contributed by atoms with Crippen molar-refractivity contribution in [3.8, 4) is 0 Å². The minimum atomic E-state index is -0.400. The van der Waals surface area contributed by atoms with Gasteiger partial charge in [0.05, 0.1) is 17.7 Å². The van der Waals surface area contributed by atoms with Gasteiger partial charge in [-0.05, 0) is 13.8 Å². The normalized spacial score (nSPS) is 9.76. The molecule has 0 radical (unpaired) electrons. The monoisotopic (exact) mass is 257 g/mol. The molecule has 0 atom stereocenters. The number of urea groups is 1. The summed E-state index contributed by atoms with van der Waals surface area (Å²) >= 11 is 1.24. The molecule has 0 aliphatic heterocycles. The molecule has 0 bridgehead atoms. The number of thiazole rings is 1. The molecule has 0 fully saturated rings. The lowest BCUT2D eigenvalue weighted by atomic mass is 10.4. The molecule has 17 heavy (non-hydrogen) atoms. The van der Waals surface area contributed by atoms with E-state index in [-0.39, 0.29) is 19.2 Å². The SMILES string of the molecule is CCNC(=O)NCCOC(=O)c1scnc1C. The summed E-state index contributed by atoms with van der Waals surface area (Å²) in [5, 5.41) is 5.13. The number of nitrogens with one attached hydrogen (secondary N) is 2. The first-order chi connectivity index (χ1) is 8.15. The van der Waals surface area contributed by atoms with Gasteiger partial charge in [0.25, 0.3) is 0 Å². The van der Waals surface area contributed by atoms with Crippen LogP contribution in [0, 0.1) is 6.92 Å². The maximum Gasteiger partial charge on any atom is 0.350 e. The van der Waals surface area contributed by atoms with E-state index < -0.39 is 5.97 Å². The molecule has 0 saturated carbocycles. The van der Waals surface area contributed by atoms with Gasteiger partial charge in [-0.1, -0.05) is 0 Å². The zero-order valence-corrected chi connectivity index (χ0v) is 10.6. The summed E-state index contributed by atoms with van der Waals surface area (Å²) in [4.78, 5) is 27.0. The first kappa shape index (κ1) is 13.4. The molecule has 0 spiro atoms. The highest BCUT2D eigenvalue weighted by atomic mass is 32.1. The van der Waals surface area contributed by atoms with Crippen molar-refractivity contribution in [3.05, 3.63) is 16.1 Å². The lowest BCUT2D eigenvalue weighted by Gasteiger charge is -2.06. The molecule has 1 aromatic heterocycles. The van der Waals surface area contributed by atoms with Gasteiger partial charge in [0.2, 0.25) is 0 Å². The number of carbonyl (C=O) groups excluding carboxylic acids is 2. The Labute approximate surface area is 103 Å². The molecule has 1 heterocycles. The van der Waals surface area contributed by atoms with Gasteiger partial charge in [-0.15, -0.1) is 11.3 Å². The zero-order valence-electron chi connectivity index (χ0n) is 9.78. The smallest absolute Gasteiger partial charge is 0.350 e. The molecule has 1 aromatic rings. The molecule has 94 valence electrons. The Morgan fingerprint density at radius 3 is 2.82 bits per heavy atom. The van der Waals surface area contributed by atoms with Crippen LogP contribution >= 0.6 is 11.3 Å². The predicted octanol–water partition coefficient (Wildman–Crippen LogP) is 0.927. The highest BCUT2D eigenvalue weighted by Crippen LogP contribution is 2.12. The topological polar surface area (TPSA) is 80.3 Å². The summed E-state index contributed by atoms with van der Waals surface area (Å²) in [7, 11) is 0. The predicted molar refractivity (Wildman–Crippen MR) is 64.2 cm³/mol. The molecule has 7 heteroatoms. The van der Waals surface area contributed by atoms with Crippen molar-refractivity contribution in [3.63, 3.8) is 0 Å². The van der Waals surface area contributed by atoms with Crippen LogP contribution in [0.15, 0.2) is 5.51 Å². The van der Waals surface area contributed by atoms with Crippen LogP contribution in [0.3, 0.4) is 0 Å². The van der Waals surface area contributed by atoms with Crippen molar-refractivity contribution in [1.29, 1.82) is 0 Å². The average molecular weight is 257 g/mol. The van der Waals surface area contributed by atoms with Crippen molar-refractivity contribution in [1.82, 2.24) is 15.6 Å². The van der Waals surface area contributed by atoms with Crippen LogP contribution in [0.25, 0.3) is 0 Å². The lowest BCUT2D eigenvalue weighted by Crippen LogP contribution is -2.37. The largest absolute Gasteiger partial charge is 0.460 e. The summed E-state index contributed by atoms with van der Waals surface area (Å²) in [6.45, 7) is 4.57. The second-order valence-electron chi connectivity index (χ2n) is 3.19. The van der Waals surface area contributed by atoms with E-state index in [9.17, 15) is 9.59 Å². The second kappa shape index (κ2) is 6.85. The molecule has 0 aliphatic carbocycles. The third-order valence-electron chi connectivity index (χ3n) is 1.89. The Morgan fingerprint density at radius 2 is 2.24 bits per heavy atom. The number of amides is 2. The molecule has 0 aromatic carbocycles.